The van der Waals surface area contributed by atoms with Gasteiger partial charge in [0.1, 0.15) is 5.65 Å². The molecule has 1 unspecified atom stereocenters. The molecule has 1 saturated heterocycles. The second-order valence-corrected chi connectivity index (χ2v) is 7.69. The number of hydrogen-bond acceptors (Lipinski definition) is 3. The SMILES string of the molecule is O=C(Nc1ccccc1)C1CCCN(Cc2cn3cc(Br)ccc3n2)C1. The Morgan fingerprint density at radius 2 is 2.04 bits per heavy atom. The van der Waals surface area contributed by atoms with Crippen LogP contribution in [0.3, 0.4) is 0 Å². The molecule has 0 saturated carbocycles. The van der Waals surface area contributed by atoms with Crippen LogP contribution in [-0.2, 0) is 11.3 Å². The number of carbonyl (C=O) groups is 1. The number of nitrogens with one attached hydrogen (secondary N) is 1. The van der Waals surface area contributed by atoms with Gasteiger partial charge in [0.15, 0.2) is 0 Å². The molecule has 0 spiro atoms. The summed E-state index contributed by atoms with van der Waals surface area (Å²) in [7, 11) is 0. The Morgan fingerprint density at radius 3 is 2.88 bits per heavy atom. The van der Waals surface area contributed by atoms with Crippen molar-refractivity contribution in [3.8, 4) is 0 Å². The lowest BCUT2D eigenvalue weighted by molar-refractivity contribution is -0.121. The number of imidazole rings is 1. The smallest absolute Gasteiger partial charge is 0.228 e. The number of halogens is 1. The number of piperidine rings is 1. The Morgan fingerprint density at radius 1 is 1.19 bits per heavy atom. The zero-order valence-electron chi connectivity index (χ0n) is 14.4. The topological polar surface area (TPSA) is 49.6 Å². The molecule has 1 amide bonds. The van der Waals surface area contributed by atoms with Gasteiger partial charge in [0.25, 0.3) is 0 Å². The van der Waals surface area contributed by atoms with Crippen molar-refractivity contribution in [3.05, 3.63) is 65.0 Å². The number of likely N-dealkylation sites (tertiary alicyclic amines) is 1. The van der Waals surface area contributed by atoms with E-state index in [-0.39, 0.29) is 11.8 Å². The summed E-state index contributed by atoms with van der Waals surface area (Å²) in [5.41, 5.74) is 2.84. The number of anilines is 1. The maximum atomic E-state index is 12.6. The molecule has 6 heteroatoms. The summed E-state index contributed by atoms with van der Waals surface area (Å²) in [6.07, 6.45) is 6.05. The number of fused-ring (bicyclic) bond motifs is 1. The summed E-state index contributed by atoms with van der Waals surface area (Å²) >= 11 is 3.49. The van der Waals surface area contributed by atoms with Crippen LogP contribution < -0.4 is 5.32 Å². The average Bonchev–Trinajstić information content (AvgIpc) is 3.04. The molecule has 4 rings (SSSR count). The highest BCUT2D eigenvalue weighted by Gasteiger charge is 2.26. The van der Waals surface area contributed by atoms with Crippen LogP contribution in [0, 0.1) is 5.92 Å². The zero-order valence-corrected chi connectivity index (χ0v) is 16.0. The van der Waals surface area contributed by atoms with Crippen molar-refractivity contribution < 1.29 is 4.79 Å². The Kier molecular flexibility index (Phi) is 5.04. The molecule has 1 fully saturated rings. The molecule has 1 aliphatic rings. The van der Waals surface area contributed by atoms with Crippen molar-refractivity contribution in [1.29, 1.82) is 0 Å². The summed E-state index contributed by atoms with van der Waals surface area (Å²) < 4.78 is 3.06. The van der Waals surface area contributed by atoms with Crippen LogP contribution in [0.2, 0.25) is 0 Å². The normalized spacial score (nSPS) is 18.1. The van der Waals surface area contributed by atoms with E-state index in [9.17, 15) is 4.79 Å². The number of amides is 1. The molecule has 5 nitrogen and oxygen atoms in total. The summed E-state index contributed by atoms with van der Waals surface area (Å²) in [6.45, 7) is 2.55. The van der Waals surface area contributed by atoms with Crippen molar-refractivity contribution in [1.82, 2.24) is 14.3 Å². The van der Waals surface area contributed by atoms with Gasteiger partial charge in [0.05, 0.1) is 11.6 Å². The third-order valence-electron chi connectivity index (χ3n) is 4.77. The minimum absolute atomic E-state index is 0.0233. The lowest BCUT2D eigenvalue weighted by Gasteiger charge is -2.31. The average molecular weight is 413 g/mol. The van der Waals surface area contributed by atoms with E-state index in [4.69, 9.17) is 0 Å². The second kappa shape index (κ2) is 7.60. The van der Waals surface area contributed by atoms with Crippen LogP contribution in [0.25, 0.3) is 5.65 Å². The van der Waals surface area contributed by atoms with Gasteiger partial charge < -0.3 is 9.72 Å². The molecule has 0 radical (unpaired) electrons. The molecule has 1 aromatic carbocycles. The summed E-state index contributed by atoms with van der Waals surface area (Å²) in [5.74, 6) is 0.134. The van der Waals surface area contributed by atoms with E-state index >= 15 is 0 Å². The number of aromatic nitrogens is 2. The van der Waals surface area contributed by atoms with Gasteiger partial charge in [-0.2, -0.15) is 0 Å². The molecular weight excluding hydrogens is 392 g/mol. The van der Waals surface area contributed by atoms with Crippen molar-refractivity contribution in [2.24, 2.45) is 5.92 Å². The number of hydrogen-bond donors (Lipinski definition) is 1. The van der Waals surface area contributed by atoms with Gasteiger partial charge >= 0.3 is 0 Å². The molecular formula is C20H21BrN4O. The molecule has 3 aromatic rings. The van der Waals surface area contributed by atoms with E-state index in [2.05, 4.69) is 37.3 Å². The molecule has 2 aromatic heterocycles. The van der Waals surface area contributed by atoms with Gasteiger partial charge in [-0.15, -0.1) is 0 Å². The first-order valence-corrected chi connectivity index (χ1v) is 9.68. The lowest BCUT2D eigenvalue weighted by atomic mass is 9.97. The number of benzene rings is 1. The van der Waals surface area contributed by atoms with Crippen molar-refractivity contribution in [2.45, 2.75) is 19.4 Å². The monoisotopic (exact) mass is 412 g/mol. The first-order valence-electron chi connectivity index (χ1n) is 8.89. The fraction of sp³-hybridized carbons (Fsp3) is 0.300. The summed E-state index contributed by atoms with van der Waals surface area (Å²) in [6, 6.07) is 13.7. The Balaban J connectivity index is 1.40. The van der Waals surface area contributed by atoms with Crippen molar-refractivity contribution in [3.63, 3.8) is 0 Å². The van der Waals surface area contributed by atoms with E-state index in [1.54, 1.807) is 0 Å². The van der Waals surface area contributed by atoms with Gasteiger partial charge in [0, 0.05) is 35.6 Å². The minimum Gasteiger partial charge on any atom is -0.326 e. The van der Waals surface area contributed by atoms with Gasteiger partial charge in [-0.3, -0.25) is 9.69 Å². The van der Waals surface area contributed by atoms with Gasteiger partial charge in [-0.1, -0.05) is 18.2 Å². The zero-order chi connectivity index (χ0) is 17.9. The third kappa shape index (κ3) is 3.97. The molecule has 0 bridgehead atoms. The summed E-state index contributed by atoms with van der Waals surface area (Å²) in [4.78, 5) is 19.6. The summed E-state index contributed by atoms with van der Waals surface area (Å²) in [5, 5.41) is 3.03. The minimum atomic E-state index is 0.0233. The van der Waals surface area contributed by atoms with Crippen LogP contribution >= 0.6 is 15.9 Å². The second-order valence-electron chi connectivity index (χ2n) is 6.77. The molecule has 134 valence electrons. The highest BCUT2D eigenvalue weighted by atomic mass is 79.9. The maximum Gasteiger partial charge on any atom is 0.228 e. The maximum absolute atomic E-state index is 12.6. The number of nitrogens with zero attached hydrogens (tertiary/aromatic N) is 3. The molecule has 3 heterocycles. The Labute approximate surface area is 161 Å². The predicted molar refractivity (Wildman–Crippen MR) is 106 cm³/mol. The van der Waals surface area contributed by atoms with Crippen LogP contribution in [-0.4, -0.2) is 33.3 Å². The fourth-order valence-corrected chi connectivity index (χ4v) is 3.85. The molecule has 1 aliphatic heterocycles. The largest absolute Gasteiger partial charge is 0.326 e. The number of para-hydroxylation sites is 1. The van der Waals surface area contributed by atoms with E-state index in [1.807, 2.05) is 53.1 Å². The highest BCUT2D eigenvalue weighted by molar-refractivity contribution is 9.10. The van der Waals surface area contributed by atoms with Crippen LogP contribution in [0.15, 0.2) is 59.3 Å². The molecule has 1 N–H and O–H groups in total. The quantitative estimate of drug-likeness (QED) is 0.705. The van der Waals surface area contributed by atoms with E-state index in [0.29, 0.717) is 0 Å². The Hall–Kier alpha value is -2.18. The number of pyridine rings is 1. The van der Waals surface area contributed by atoms with Crippen LogP contribution in [0.4, 0.5) is 5.69 Å². The molecule has 1 atom stereocenters. The van der Waals surface area contributed by atoms with Crippen molar-refractivity contribution in [2.75, 3.05) is 18.4 Å². The highest BCUT2D eigenvalue weighted by Crippen LogP contribution is 2.21. The number of carbonyl (C=O) groups excluding carboxylic acids is 1. The van der Waals surface area contributed by atoms with E-state index < -0.39 is 0 Å². The first-order chi connectivity index (χ1) is 12.7. The van der Waals surface area contributed by atoms with Crippen LogP contribution in [0.5, 0.6) is 0 Å². The van der Waals surface area contributed by atoms with E-state index in [1.165, 1.54) is 0 Å². The third-order valence-corrected chi connectivity index (χ3v) is 5.24. The van der Waals surface area contributed by atoms with E-state index in [0.717, 1.165) is 54.0 Å². The first kappa shape index (κ1) is 17.2. The van der Waals surface area contributed by atoms with Crippen molar-refractivity contribution >= 4 is 33.2 Å². The van der Waals surface area contributed by atoms with Gasteiger partial charge in [0.2, 0.25) is 5.91 Å². The van der Waals surface area contributed by atoms with Gasteiger partial charge in [-0.25, -0.2) is 4.98 Å². The predicted octanol–water partition coefficient (Wildman–Crippen LogP) is 3.95. The Bertz CT molecular complexity index is 909. The van der Waals surface area contributed by atoms with Gasteiger partial charge in [-0.05, 0) is 59.6 Å². The molecule has 26 heavy (non-hydrogen) atoms. The van der Waals surface area contributed by atoms with Crippen LogP contribution in [0.1, 0.15) is 18.5 Å². The lowest BCUT2D eigenvalue weighted by Crippen LogP contribution is -2.40. The standard InChI is InChI=1S/C20H21BrN4O/c21-16-8-9-19-22-18(14-25(19)12-16)13-24-10-4-5-15(11-24)20(26)23-17-6-2-1-3-7-17/h1-3,6-9,12,14-15H,4-5,10-11,13H2,(H,23,26). The molecule has 0 aliphatic carbocycles. The number of rotatable bonds is 4. The fourth-order valence-electron chi connectivity index (χ4n) is 3.50.